The predicted molar refractivity (Wildman–Crippen MR) is 101 cm³/mol. The second-order valence-corrected chi connectivity index (χ2v) is 7.62. The molecule has 4 nitrogen and oxygen atoms in total. The predicted octanol–water partition coefficient (Wildman–Crippen LogP) is 3.74. The van der Waals surface area contributed by atoms with Crippen molar-refractivity contribution in [1.29, 1.82) is 0 Å². The molecule has 0 radical (unpaired) electrons. The number of halogens is 2. The van der Waals surface area contributed by atoms with Gasteiger partial charge in [-0.25, -0.2) is 4.39 Å². The van der Waals surface area contributed by atoms with Gasteiger partial charge in [0.1, 0.15) is 5.82 Å². The molecule has 27 heavy (non-hydrogen) atoms. The van der Waals surface area contributed by atoms with Crippen LogP contribution in [0.1, 0.15) is 28.8 Å². The smallest absolute Gasteiger partial charge is 0.255 e. The number of hydrogen-bond acceptors (Lipinski definition) is 2. The van der Waals surface area contributed by atoms with Gasteiger partial charge < -0.3 is 9.80 Å². The number of carbonyl (C=O) groups excluding carboxylic acids is 2. The van der Waals surface area contributed by atoms with Crippen molar-refractivity contribution >= 4 is 23.4 Å². The van der Waals surface area contributed by atoms with E-state index in [0.717, 1.165) is 18.4 Å². The highest BCUT2D eigenvalue weighted by atomic mass is 35.5. The lowest BCUT2D eigenvalue weighted by Crippen LogP contribution is -2.47. The molecule has 0 unspecified atom stereocenters. The number of benzene rings is 2. The van der Waals surface area contributed by atoms with Crippen LogP contribution in [-0.2, 0) is 11.3 Å². The molecule has 3 aliphatic rings. The Bertz CT molecular complexity index is 874. The van der Waals surface area contributed by atoms with Crippen LogP contribution in [0.3, 0.4) is 0 Å². The van der Waals surface area contributed by atoms with Crippen LogP contribution in [-0.4, -0.2) is 40.7 Å². The van der Waals surface area contributed by atoms with E-state index in [0.29, 0.717) is 19.6 Å². The van der Waals surface area contributed by atoms with Crippen LogP contribution < -0.4 is 0 Å². The van der Waals surface area contributed by atoms with Crippen LogP contribution >= 0.6 is 11.6 Å². The van der Waals surface area contributed by atoms with Crippen LogP contribution in [0.5, 0.6) is 0 Å². The number of amides is 2. The molecule has 5 rings (SSSR count). The highest BCUT2D eigenvalue weighted by Crippen LogP contribution is 2.32. The normalized spacial score (nSPS) is 22.1. The summed E-state index contributed by atoms with van der Waals surface area (Å²) in [7, 11) is 0. The topological polar surface area (TPSA) is 40.6 Å². The van der Waals surface area contributed by atoms with Crippen molar-refractivity contribution < 1.29 is 14.0 Å². The lowest BCUT2D eigenvalue weighted by atomic mass is 9.93. The molecule has 0 saturated carbocycles. The molecule has 3 aliphatic heterocycles. The van der Waals surface area contributed by atoms with Crippen molar-refractivity contribution in [3.05, 3.63) is 70.5 Å². The third kappa shape index (κ3) is 3.56. The van der Waals surface area contributed by atoms with Crippen molar-refractivity contribution in [2.45, 2.75) is 25.4 Å². The van der Waals surface area contributed by atoms with Crippen molar-refractivity contribution in [1.82, 2.24) is 9.80 Å². The van der Waals surface area contributed by atoms with Crippen molar-refractivity contribution in [2.75, 3.05) is 13.1 Å². The van der Waals surface area contributed by atoms with Crippen LogP contribution in [0.25, 0.3) is 0 Å². The standard InChI is InChI=1S/C21H20ClFN2O2/c22-19-9-7-16(23)10-18(19)21(27)24-12-15-6-8-17(13-24)25(20(15)26)11-14-4-2-1-3-5-14/h1-5,7,9-10,15,17H,6,8,11-13H2/t15-,17+/m0/s1. The maximum atomic E-state index is 13.6. The fourth-order valence-electron chi connectivity index (χ4n) is 4.03. The lowest BCUT2D eigenvalue weighted by Gasteiger charge is -2.36. The third-order valence-corrected chi connectivity index (χ3v) is 5.76. The SMILES string of the molecule is O=C(c1cc(F)ccc1Cl)N1C[C@@H]2CC[C@H](C1)N(Cc1ccccc1)C2=O. The molecule has 3 saturated heterocycles. The fraction of sp³-hybridized carbons (Fsp3) is 0.333. The number of hydrogen-bond donors (Lipinski definition) is 0. The summed E-state index contributed by atoms with van der Waals surface area (Å²) in [6.07, 6.45) is 1.64. The van der Waals surface area contributed by atoms with E-state index in [-0.39, 0.29) is 34.4 Å². The Balaban J connectivity index is 1.58. The van der Waals surface area contributed by atoms with Crippen molar-refractivity contribution in [2.24, 2.45) is 5.92 Å². The second-order valence-electron chi connectivity index (χ2n) is 7.21. The third-order valence-electron chi connectivity index (χ3n) is 5.44. The van der Waals surface area contributed by atoms with Gasteiger partial charge in [0.05, 0.1) is 16.5 Å². The monoisotopic (exact) mass is 386 g/mol. The summed E-state index contributed by atoms with van der Waals surface area (Å²) < 4.78 is 13.6. The second kappa shape index (κ2) is 7.31. The number of carbonyl (C=O) groups is 2. The van der Waals surface area contributed by atoms with Gasteiger partial charge in [-0.1, -0.05) is 41.9 Å². The zero-order chi connectivity index (χ0) is 19.0. The molecule has 140 valence electrons. The van der Waals surface area contributed by atoms with E-state index in [1.165, 1.54) is 18.2 Å². The molecular weight excluding hydrogens is 367 g/mol. The molecule has 0 spiro atoms. The first-order valence-electron chi connectivity index (χ1n) is 9.11. The van der Waals surface area contributed by atoms with E-state index in [1.54, 1.807) is 4.90 Å². The molecular formula is C21H20ClFN2O2. The largest absolute Gasteiger partial charge is 0.336 e. The van der Waals surface area contributed by atoms with E-state index in [9.17, 15) is 14.0 Å². The van der Waals surface area contributed by atoms with E-state index in [2.05, 4.69) is 0 Å². The summed E-state index contributed by atoms with van der Waals surface area (Å²) in [5, 5.41) is 0.227. The Morgan fingerprint density at radius 1 is 1.11 bits per heavy atom. The quantitative estimate of drug-likeness (QED) is 0.806. The molecule has 2 aromatic rings. The molecule has 2 bridgehead atoms. The minimum Gasteiger partial charge on any atom is -0.336 e. The molecule has 0 N–H and O–H groups in total. The summed E-state index contributed by atoms with van der Waals surface area (Å²) in [6.45, 7) is 1.34. The van der Waals surface area contributed by atoms with Gasteiger partial charge in [-0.2, -0.15) is 0 Å². The van der Waals surface area contributed by atoms with Gasteiger partial charge >= 0.3 is 0 Å². The Kier molecular flexibility index (Phi) is 4.87. The van der Waals surface area contributed by atoms with Gasteiger partial charge in [0.25, 0.3) is 5.91 Å². The van der Waals surface area contributed by atoms with Gasteiger partial charge in [-0.15, -0.1) is 0 Å². The highest BCUT2D eigenvalue weighted by Gasteiger charge is 2.42. The van der Waals surface area contributed by atoms with Crippen LogP contribution in [0.15, 0.2) is 48.5 Å². The Morgan fingerprint density at radius 3 is 2.67 bits per heavy atom. The fourth-order valence-corrected chi connectivity index (χ4v) is 4.22. The number of fused-ring (bicyclic) bond motifs is 4. The van der Waals surface area contributed by atoms with E-state index >= 15 is 0 Å². The Labute approximate surface area is 162 Å². The maximum absolute atomic E-state index is 13.6. The molecule has 0 aliphatic carbocycles. The van der Waals surface area contributed by atoms with Gasteiger partial charge in [0.15, 0.2) is 0 Å². The highest BCUT2D eigenvalue weighted by molar-refractivity contribution is 6.33. The summed E-state index contributed by atoms with van der Waals surface area (Å²) in [4.78, 5) is 29.5. The summed E-state index contributed by atoms with van der Waals surface area (Å²) in [5.41, 5.74) is 1.23. The van der Waals surface area contributed by atoms with Crippen LogP contribution in [0, 0.1) is 11.7 Å². The van der Waals surface area contributed by atoms with Crippen LogP contribution in [0.4, 0.5) is 4.39 Å². The van der Waals surface area contributed by atoms with E-state index < -0.39 is 5.82 Å². The molecule has 2 amide bonds. The average molecular weight is 387 g/mol. The van der Waals surface area contributed by atoms with Gasteiger partial charge in [-0.05, 0) is 36.6 Å². The molecule has 2 atom stereocenters. The van der Waals surface area contributed by atoms with E-state index in [1.807, 2.05) is 35.2 Å². The number of piperidine rings is 1. The summed E-state index contributed by atoms with van der Waals surface area (Å²) >= 11 is 6.11. The van der Waals surface area contributed by atoms with Gasteiger partial charge in [0, 0.05) is 25.7 Å². The minimum absolute atomic E-state index is 0.0345. The van der Waals surface area contributed by atoms with E-state index in [4.69, 9.17) is 11.6 Å². The zero-order valence-corrected chi connectivity index (χ0v) is 15.5. The van der Waals surface area contributed by atoms with Gasteiger partial charge in [0.2, 0.25) is 5.91 Å². The number of nitrogens with zero attached hydrogens (tertiary/aromatic N) is 2. The first kappa shape index (κ1) is 18.0. The summed E-state index contributed by atoms with van der Waals surface area (Å²) in [5.74, 6) is -0.937. The van der Waals surface area contributed by atoms with Crippen LogP contribution in [0.2, 0.25) is 5.02 Å². The minimum atomic E-state index is -0.498. The zero-order valence-electron chi connectivity index (χ0n) is 14.8. The van der Waals surface area contributed by atoms with Gasteiger partial charge in [-0.3, -0.25) is 9.59 Å². The first-order valence-corrected chi connectivity index (χ1v) is 9.49. The Morgan fingerprint density at radius 2 is 1.89 bits per heavy atom. The number of rotatable bonds is 3. The molecule has 2 aromatic carbocycles. The first-order chi connectivity index (χ1) is 13.0. The Hall–Kier alpha value is -2.40. The molecule has 3 fully saturated rings. The molecule has 3 heterocycles. The molecule has 6 heteroatoms. The molecule has 0 aromatic heterocycles. The van der Waals surface area contributed by atoms with Crippen molar-refractivity contribution in [3.8, 4) is 0 Å². The lowest BCUT2D eigenvalue weighted by molar-refractivity contribution is -0.140. The van der Waals surface area contributed by atoms with Crippen molar-refractivity contribution in [3.63, 3.8) is 0 Å². The summed E-state index contributed by atoms with van der Waals surface area (Å²) in [6, 6.07) is 13.6. The average Bonchev–Trinajstić information content (AvgIpc) is 2.97. The maximum Gasteiger partial charge on any atom is 0.255 e.